The fraction of sp³-hybridized carbons (Fsp3) is 0.231. The Morgan fingerprint density at radius 1 is 1.45 bits per heavy atom. The number of aromatic nitrogens is 1. The van der Waals surface area contributed by atoms with E-state index in [1.807, 2.05) is 0 Å². The number of aryl methyl sites for hydroxylation is 1. The third-order valence-electron chi connectivity index (χ3n) is 3.13. The number of urea groups is 1. The summed E-state index contributed by atoms with van der Waals surface area (Å²) >= 11 is 5.96. The Kier molecular flexibility index (Phi) is 3.94. The summed E-state index contributed by atoms with van der Waals surface area (Å²) < 4.78 is 13.8. The van der Waals surface area contributed by atoms with Crippen LogP contribution in [0.15, 0.2) is 18.3 Å². The number of aromatic amines is 1. The Bertz CT molecular complexity index is 684. The lowest BCUT2D eigenvalue weighted by Gasteiger charge is -2.11. The molecule has 0 saturated heterocycles. The van der Waals surface area contributed by atoms with Crippen molar-refractivity contribution in [2.45, 2.75) is 12.8 Å². The maximum atomic E-state index is 13.8. The Balaban J connectivity index is 2.21. The van der Waals surface area contributed by atoms with Gasteiger partial charge in [-0.1, -0.05) is 11.6 Å². The molecule has 2 aromatic rings. The molecule has 106 valence electrons. The first kappa shape index (κ1) is 14.3. The summed E-state index contributed by atoms with van der Waals surface area (Å²) in [5.74, 6) is -0.828. The number of rotatable bonds is 3. The summed E-state index contributed by atoms with van der Waals surface area (Å²) in [6.07, 6.45) is 1.95. The highest BCUT2D eigenvalue weighted by Crippen LogP contribution is 2.28. The number of carbonyl (C=O) groups is 2. The molecule has 3 amide bonds. The number of halogens is 2. The monoisotopic (exact) mass is 297 g/mol. The van der Waals surface area contributed by atoms with Gasteiger partial charge in [0.2, 0.25) is 5.91 Å². The predicted molar refractivity (Wildman–Crippen MR) is 73.9 cm³/mol. The zero-order valence-corrected chi connectivity index (χ0v) is 11.5. The Morgan fingerprint density at radius 3 is 2.80 bits per heavy atom. The molecular formula is C13H13ClFN3O2. The number of nitrogens with zero attached hydrogens (tertiary/aromatic N) is 1. The van der Waals surface area contributed by atoms with E-state index in [1.165, 1.54) is 19.2 Å². The van der Waals surface area contributed by atoms with E-state index in [-0.39, 0.29) is 12.8 Å². The third kappa shape index (κ3) is 2.60. The molecule has 0 fully saturated rings. The fourth-order valence-electron chi connectivity index (χ4n) is 1.97. The van der Waals surface area contributed by atoms with Gasteiger partial charge >= 0.3 is 6.03 Å². The van der Waals surface area contributed by atoms with Crippen molar-refractivity contribution < 1.29 is 14.0 Å². The van der Waals surface area contributed by atoms with Gasteiger partial charge in [0.25, 0.3) is 0 Å². The second-order valence-corrected chi connectivity index (χ2v) is 4.79. The number of amides is 3. The van der Waals surface area contributed by atoms with E-state index < -0.39 is 17.8 Å². The van der Waals surface area contributed by atoms with E-state index in [9.17, 15) is 14.0 Å². The van der Waals surface area contributed by atoms with E-state index >= 15 is 0 Å². The van der Waals surface area contributed by atoms with E-state index in [2.05, 4.69) is 4.98 Å². The van der Waals surface area contributed by atoms with E-state index in [1.54, 1.807) is 6.20 Å². The Morgan fingerprint density at radius 2 is 2.15 bits per heavy atom. The van der Waals surface area contributed by atoms with Crippen molar-refractivity contribution in [3.8, 4) is 0 Å². The molecule has 0 radical (unpaired) electrons. The van der Waals surface area contributed by atoms with Crippen LogP contribution in [-0.2, 0) is 11.2 Å². The summed E-state index contributed by atoms with van der Waals surface area (Å²) in [7, 11) is 1.30. The maximum Gasteiger partial charge on any atom is 0.321 e. The summed E-state index contributed by atoms with van der Waals surface area (Å²) in [4.78, 5) is 26.2. The summed E-state index contributed by atoms with van der Waals surface area (Å²) in [6.45, 7) is 0. The van der Waals surface area contributed by atoms with Crippen LogP contribution >= 0.6 is 11.6 Å². The van der Waals surface area contributed by atoms with Crippen LogP contribution in [0.4, 0.5) is 9.18 Å². The molecule has 0 aliphatic rings. The lowest BCUT2D eigenvalue weighted by Crippen LogP contribution is -2.37. The minimum Gasteiger partial charge on any atom is -0.360 e. The van der Waals surface area contributed by atoms with Crippen LogP contribution in [0.5, 0.6) is 0 Å². The Hall–Kier alpha value is -2.08. The second kappa shape index (κ2) is 5.50. The molecule has 1 aromatic heterocycles. The van der Waals surface area contributed by atoms with Gasteiger partial charge in [-0.05, 0) is 24.1 Å². The molecule has 0 unspecified atom stereocenters. The van der Waals surface area contributed by atoms with Gasteiger partial charge in [-0.2, -0.15) is 0 Å². The minimum absolute atomic E-state index is 0.0539. The number of nitrogens with one attached hydrogen (secondary N) is 1. The quantitative estimate of drug-likeness (QED) is 0.912. The molecule has 0 saturated carbocycles. The van der Waals surface area contributed by atoms with E-state index in [0.717, 1.165) is 4.90 Å². The molecule has 0 aliphatic carbocycles. The van der Waals surface area contributed by atoms with Gasteiger partial charge in [-0.15, -0.1) is 0 Å². The highest BCUT2D eigenvalue weighted by atomic mass is 35.5. The topological polar surface area (TPSA) is 79.2 Å². The second-order valence-electron chi connectivity index (χ2n) is 4.38. The smallest absolute Gasteiger partial charge is 0.321 e. The SMILES string of the molecule is CN(C(N)=O)C(=O)CCc1c[nH]c2c(Cl)ccc(F)c12. The highest BCUT2D eigenvalue weighted by molar-refractivity contribution is 6.35. The standard InChI is InChI=1S/C13H13ClFN3O2/c1-18(13(16)20)10(19)5-2-7-6-17-12-8(14)3-4-9(15)11(7)12/h3-4,6,17H,2,5H2,1H3,(H2,16,20). The van der Waals surface area contributed by atoms with Gasteiger partial charge in [-0.25, -0.2) is 9.18 Å². The van der Waals surface area contributed by atoms with Gasteiger partial charge in [0.1, 0.15) is 5.82 Å². The summed E-state index contributed by atoms with van der Waals surface area (Å²) in [5.41, 5.74) is 6.13. The van der Waals surface area contributed by atoms with Crippen LogP contribution in [0, 0.1) is 5.82 Å². The number of nitrogens with two attached hydrogens (primary N) is 1. The average Bonchev–Trinajstić information content (AvgIpc) is 2.84. The van der Waals surface area contributed by atoms with E-state index in [0.29, 0.717) is 21.5 Å². The molecule has 5 nitrogen and oxygen atoms in total. The average molecular weight is 298 g/mol. The third-order valence-corrected chi connectivity index (χ3v) is 3.44. The largest absolute Gasteiger partial charge is 0.360 e. The van der Waals surface area contributed by atoms with Crippen LogP contribution in [0.3, 0.4) is 0 Å². The molecule has 2 rings (SSSR count). The highest BCUT2D eigenvalue weighted by Gasteiger charge is 2.16. The van der Waals surface area contributed by atoms with E-state index in [4.69, 9.17) is 17.3 Å². The van der Waals surface area contributed by atoms with Crippen LogP contribution < -0.4 is 5.73 Å². The predicted octanol–water partition coefficient (Wildman–Crippen LogP) is 2.43. The van der Waals surface area contributed by atoms with Gasteiger partial charge in [-0.3, -0.25) is 9.69 Å². The first-order chi connectivity index (χ1) is 9.41. The number of primary amides is 1. The lowest BCUT2D eigenvalue weighted by molar-refractivity contribution is -0.127. The van der Waals surface area contributed by atoms with Gasteiger partial charge in [0.15, 0.2) is 0 Å². The van der Waals surface area contributed by atoms with Crippen LogP contribution in [0.25, 0.3) is 10.9 Å². The number of fused-ring (bicyclic) bond motifs is 1. The molecule has 0 atom stereocenters. The van der Waals surface area contributed by atoms with Crippen molar-refractivity contribution in [2.24, 2.45) is 5.73 Å². The molecule has 7 heteroatoms. The lowest BCUT2D eigenvalue weighted by atomic mass is 10.1. The van der Waals surface area contributed by atoms with Crippen molar-refractivity contribution in [1.82, 2.24) is 9.88 Å². The molecule has 1 aromatic carbocycles. The van der Waals surface area contributed by atoms with Crippen molar-refractivity contribution in [3.05, 3.63) is 34.7 Å². The number of hydrogen-bond acceptors (Lipinski definition) is 2. The molecule has 20 heavy (non-hydrogen) atoms. The van der Waals surface area contributed by atoms with Crippen LogP contribution in [-0.4, -0.2) is 28.9 Å². The molecular weight excluding hydrogens is 285 g/mol. The van der Waals surface area contributed by atoms with Gasteiger partial charge in [0, 0.05) is 25.1 Å². The zero-order chi connectivity index (χ0) is 14.9. The van der Waals surface area contributed by atoms with Gasteiger partial charge in [0.05, 0.1) is 10.5 Å². The summed E-state index contributed by atoms with van der Waals surface area (Å²) in [5, 5.41) is 0.778. The number of benzene rings is 1. The minimum atomic E-state index is -0.817. The van der Waals surface area contributed by atoms with Gasteiger partial charge < -0.3 is 10.7 Å². The van der Waals surface area contributed by atoms with Crippen LogP contribution in [0.1, 0.15) is 12.0 Å². The molecule has 0 spiro atoms. The van der Waals surface area contributed by atoms with Crippen molar-refractivity contribution in [2.75, 3.05) is 7.05 Å². The molecule has 1 heterocycles. The fourth-order valence-corrected chi connectivity index (χ4v) is 2.18. The molecule has 0 bridgehead atoms. The molecule has 0 aliphatic heterocycles. The number of H-pyrrole nitrogens is 1. The Labute approximate surface area is 119 Å². The number of imide groups is 1. The van der Waals surface area contributed by atoms with Crippen LogP contribution in [0.2, 0.25) is 5.02 Å². The summed E-state index contributed by atoms with van der Waals surface area (Å²) in [6, 6.07) is 1.92. The number of carbonyl (C=O) groups excluding carboxylic acids is 2. The first-order valence-corrected chi connectivity index (χ1v) is 6.29. The van der Waals surface area contributed by atoms with Crippen molar-refractivity contribution in [3.63, 3.8) is 0 Å². The molecule has 3 N–H and O–H groups in total. The van der Waals surface area contributed by atoms with Crippen molar-refractivity contribution >= 4 is 34.4 Å². The van der Waals surface area contributed by atoms with Crippen molar-refractivity contribution in [1.29, 1.82) is 0 Å². The first-order valence-electron chi connectivity index (χ1n) is 5.91. The maximum absolute atomic E-state index is 13.8. The number of hydrogen-bond donors (Lipinski definition) is 2. The normalized spacial score (nSPS) is 10.8. The zero-order valence-electron chi connectivity index (χ0n) is 10.7.